The fourth-order valence-corrected chi connectivity index (χ4v) is 2.54. The smallest absolute Gasteiger partial charge is 0.279 e. The summed E-state index contributed by atoms with van der Waals surface area (Å²) in [7, 11) is 0. The molecule has 1 heterocycles. The van der Waals surface area contributed by atoms with Gasteiger partial charge in [-0.15, -0.1) is 0 Å². The predicted octanol–water partition coefficient (Wildman–Crippen LogP) is 3.26. The third kappa shape index (κ3) is 3.77. The Morgan fingerprint density at radius 1 is 1.16 bits per heavy atom. The molecule has 0 saturated heterocycles. The van der Waals surface area contributed by atoms with Crippen LogP contribution in [0, 0.1) is 6.92 Å². The minimum Gasteiger partial charge on any atom is -0.505 e. The van der Waals surface area contributed by atoms with Gasteiger partial charge < -0.3 is 10.4 Å². The zero-order valence-corrected chi connectivity index (χ0v) is 14.8. The summed E-state index contributed by atoms with van der Waals surface area (Å²) in [4.78, 5) is 24.5. The lowest BCUT2D eigenvalue weighted by Crippen LogP contribution is -2.25. The lowest BCUT2D eigenvalue weighted by atomic mass is 10.2. The lowest BCUT2D eigenvalue weighted by Gasteiger charge is -2.10. The third-order valence-corrected chi connectivity index (χ3v) is 4.00. The van der Waals surface area contributed by atoms with Gasteiger partial charge in [0.25, 0.3) is 11.5 Å². The molecule has 2 N–H and O–H groups in total. The van der Waals surface area contributed by atoms with E-state index in [1.807, 2.05) is 13.0 Å². The summed E-state index contributed by atoms with van der Waals surface area (Å²) in [5, 5.41) is 16.6. The Kier molecular flexibility index (Phi) is 4.67. The number of aryl methyl sites for hydroxylation is 1. The van der Waals surface area contributed by atoms with Crippen LogP contribution in [0.15, 0.2) is 63.9 Å². The van der Waals surface area contributed by atoms with Gasteiger partial charge in [0.1, 0.15) is 0 Å². The van der Waals surface area contributed by atoms with Crippen LogP contribution in [0.1, 0.15) is 16.1 Å². The van der Waals surface area contributed by atoms with Crippen LogP contribution in [0.2, 0.25) is 0 Å². The van der Waals surface area contributed by atoms with Gasteiger partial charge >= 0.3 is 0 Å². The van der Waals surface area contributed by atoms with Gasteiger partial charge in [-0.05, 0) is 48.9 Å². The Morgan fingerprint density at radius 3 is 2.56 bits per heavy atom. The Labute approximate surface area is 151 Å². The molecule has 0 fully saturated rings. The number of nitrogens with zero attached hydrogens (tertiary/aromatic N) is 2. The Balaban J connectivity index is 1.98. The van der Waals surface area contributed by atoms with E-state index in [1.54, 1.807) is 42.5 Å². The maximum Gasteiger partial charge on any atom is 0.279 e. The minimum atomic E-state index is -0.610. The van der Waals surface area contributed by atoms with Gasteiger partial charge in [-0.2, -0.15) is 9.78 Å². The van der Waals surface area contributed by atoms with Crippen LogP contribution in [-0.4, -0.2) is 20.8 Å². The number of rotatable bonds is 3. The van der Waals surface area contributed by atoms with E-state index >= 15 is 0 Å². The van der Waals surface area contributed by atoms with Crippen molar-refractivity contribution in [1.29, 1.82) is 0 Å². The van der Waals surface area contributed by atoms with Crippen molar-refractivity contribution in [1.82, 2.24) is 9.78 Å². The van der Waals surface area contributed by atoms with Gasteiger partial charge in [-0.1, -0.05) is 28.1 Å². The molecule has 0 bridgehead atoms. The van der Waals surface area contributed by atoms with Gasteiger partial charge in [-0.3, -0.25) is 9.59 Å². The summed E-state index contributed by atoms with van der Waals surface area (Å²) in [5.74, 6) is -1.08. The zero-order chi connectivity index (χ0) is 18.0. The fourth-order valence-electron chi connectivity index (χ4n) is 2.28. The second kappa shape index (κ2) is 6.90. The molecule has 0 saturated carbocycles. The van der Waals surface area contributed by atoms with Crippen molar-refractivity contribution in [3.8, 4) is 11.4 Å². The Morgan fingerprint density at radius 2 is 1.88 bits per heavy atom. The van der Waals surface area contributed by atoms with Crippen molar-refractivity contribution in [2.75, 3.05) is 5.32 Å². The molecule has 0 aliphatic carbocycles. The van der Waals surface area contributed by atoms with Crippen molar-refractivity contribution in [2.45, 2.75) is 6.92 Å². The van der Waals surface area contributed by atoms with Crippen LogP contribution < -0.4 is 10.9 Å². The number of amides is 1. The number of carbonyl (C=O) groups excluding carboxylic acids is 1. The highest BCUT2D eigenvalue weighted by Gasteiger charge is 2.17. The first-order valence-electron chi connectivity index (χ1n) is 7.41. The van der Waals surface area contributed by atoms with Gasteiger partial charge in [0, 0.05) is 16.2 Å². The van der Waals surface area contributed by atoms with Gasteiger partial charge in [0.05, 0.1) is 5.69 Å². The number of aromatic hydroxyl groups is 1. The predicted molar refractivity (Wildman–Crippen MR) is 98.3 cm³/mol. The summed E-state index contributed by atoms with van der Waals surface area (Å²) in [5.41, 5.74) is 1.25. The van der Waals surface area contributed by atoms with Crippen molar-refractivity contribution in [3.05, 3.63) is 80.7 Å². The molecular formula is C18H14BrN3O3. The van der Waals surface area contributed by atoms with E-state index in [9.17, 15) is 14.7 Å². The molecule has 0 radical (unpaired) electrons. The average Bonchev–Trinajstić information content (AvgIpc) is 2.57. The van der Waals surface area contributed by atoms with E-state index in [0.29, 0.717) is 11.4 Å². The van der Waals surface area contributed by atoms with Crippen LogP contribution in [0.4, 0.5) is 5.69 Å². The summed E-state index contributed by atoms with van der Waals surface area (Å²) in [6, 6.07) is 15.1. The highest BCUT2D eigenvalue weighted by Crippen LogP contribution is 2.18. The molecule has 0 spiro atoms. The van der Waals surface area contributed by atoms with E-state index in [4.69, 9.17) is 0 Å². The van der Waals surface area contributed by atoms with Crippen LogP contribution in [0.3, 0.4) is 0 Å². The average molecular weight is 400 g/mol. The summed E-state index contributed by atoms with van der Waals surface area (Å²) >= 11 is 3.31. The summed E-state index contributed by atoms with van der Waals surface area (Å²) in [6.07, 6.45) is 0. The highest BCUT2D eigenvalue weighted by atomic mass is 79.9. The summed E-state index contributed by atoms with van der Waals surface area (Å²) < 4.78 is 1.96. The monoisotopic (exact) mass is 399 g/mol. The van der Waals surface area contributed by atoms with Crippen LogP contribution >= 0.6 is 15.9 Å². The molecule has 2 aromatic carbocycles. The molecule has 7 heteroatoms. The quantitative estimate of drug-likeness (QED) is 0.707. The molecule has 0 aliphatic heterocycles. The van der Waals surface area contributed by atoms with E-state index in [0.717, 1.165) is 20.8 Å². The zero-order valence-electron chi connectivity index (χ0n) is 13.2. The first kappa shape index (κ1) is 16.9. The van der Waals surface area contributed by atoms with Crippen molar-refractivity contribution in [3.63, 3.8) is 0 Å². The number of aromatic nitrogens is 2. The van der Waals surface area contributed by atoms with Crippen molar-refractivity contribution < 1.29 is 9.90 Å². The number of nitrogens with one attached hydrogen (secondary N) is 1. The normalized spacial score (nSPS) is 10.5. The fraction of sp³-hybridized carbons (Fsp3) is 0.0556. The van der Waals surface area contributed by atoms with Crippen molar-refractivity contribution >= 4 is 27.5 Å². The standard InChI is InChI=1S/C18H14BrN3O3/c1-11-3-2-4-14(9-11)22-16(24)10-15(23)17(21-22)18(25)20-13-7-5-12(19)6-8-13/h2-10,23H,1H3,(H,20,25). The SMILES string of the molecule is Cc1cccc(-n2nc(C(=O)Nc3ccc(Br)cc3)c(O)cc2=O)c1. The Bertz CT molecular complexity index is 997. The molecule has 3 rings (SSSR count). The largest absolute Gasteiger partial charge is 0.505 e. The number of carbonyl (C=O) groups is 1. The molecule has 0 atom stereocenters. The Hall–Kier alpha value is -2.93. The first-order valence-corrected chi connectivity index (χ1v) is 8.20. The number of anilines is 1. The maximum absolute atomic E-state index is 12.4. The number of benzene rings is 2. The molecule has 1 aromatic heterocycles. The van der Waals surface area contributed by atoms with Gasteiger partial charge in [0.2, 0.25) is 0 Å². The van der Waals surface area contributed by atoms with Crippen molar-refractivity contribution in [2.24, 2.45) is 0 Å². The first-order chi connectivity index (χ1) is 11.9. The van der Waals surface area contributed by atoms with E-state index in [2.05, 4.69) is 26.3 Å². The number of hydrogen-bond acceptors (Lipinski definition) is 4. The molecule has 3 aromatic rings. The molecule has 0 aliphatic rings. The lowest BCUT2D eigenvalue weighted by molar-refractivity contribution is 0.101. The molecule has 126 valence electrons. The van der Waals surface area contributed by atoms with Gasteiger partial charge in [0.15, 0.2) is 11.4 Å². The second-order valence-electron chi connectivity index (χ2n) is 5.43. The highest BCUT2D eigenvalue weighted by molar-refractivity contribution is 9.10. The van der Waals surface area contributed by atoms with E-state index in [-0.39, 0.29) is 5.69 Å². The third-order valence-electron chi connectivity index (χ3n) is 3.47. The second-order valence-corrected chi connectivity index (χ2v) is 6.34. The number of halogens is 1. The maximum atomic E-state index is 12.4. The van der Waals surface area contributed by atoms with Gasteiger partial charge in [-0.25, -0.2) is 0 Å². The van der Waals surface area contributed by atoms with Crippen LogP contribution in [-0.2, 0) is 0 Å². The molecular weight excluding hydrogens is 386 g/mol. The minimum absolute atomic E-state index is 0.232. The molecule has 6 nitrogen and oxygen atoms in total. The van der Waals surface area contributed by atoms with E-state index < -0.39 is 17.2 Å². The number of hydrogen-bond donors (Lipinski definition) is 2. The van der Waals surface area contributed by atoms with Crippen LogP contribution in [0.5, 0.6) is 5.75 Å². The van der Waals surface area contributed by atoms with Crippen LogP contribution in [0.25, 0.3) is 5.69 Å². The topological polar surface area (TPSA) is 84.2 Å². The molecule has 0 unspecified atom stereocenters. The summed E-state index contributed by atoms with van der Waals surface area (Å²) in [6.45, 7) is 1.89. The van der Waals surface area contributed by atoms with E-state index in [1.165, 1.54) is 0 Å². The molecule has 25 heavy (non-hydrogen) atoms. The molecule has 1 amide bonds.